The molecule has 3 unspecified atom stereocenters. The average molecular weight is 627 g/mol. The van der Waals surface area contributed by atoms with E-state index in [1.165, 1.54) is 48.2 Å². The molecule has 228 valence electrons. The van der Waals surface area contributed by atoms with Gasteiger partial charge in [-0.05, 0) is 61.9 Å². The van der Waals surface area contributed by atoms with Crippen molar-refractivity contribution < 1.29 is 0 Å². The molecular weight excluding hydrogens is 593 g/mol. The number of aryl methyl sites for hydroxylation is 2. The third-order valence-electron chi connectivity index (χ3n) is 10.6. The van der Waals surface area contributed by atoms with Gasteiger partial charge in [-0.15, -0.1) is 11.3 Å². The summed E-state index contributed by atoms with van der Waals surface area (Å²) in [6.07, 6.45) is 12.4. The Morgan fingerprint density at radius 3 is 2.49 bits per heavy atom. The first-order valence-corrected chi connectivity index (χ1v) is 17.6. The van der Waals surface area contributed by atoms with E-state index in [9.17, 15) is 0 Å². The highest BCUT2D eigenvalue weighted by Gasteiger charge is 2.45. The third-order valence-corrected chi connectivity index (χ3v) is 11.9. The van der Waals surface area contributed by atoms with Crippen LogP contribution in [-0.4, -0.2) is 20.6 Å². The summed E-state index contributed by atoms with van der Waals surface area (Å²) in [6, 6.07) is 33.3. The third kappa shape index (κ3) is 3.87. The average Bonchev–Trinajstić information content (AvgIpc) is 3.77. The van der Waals surface area contributed by atoms with Gasteiger partial charge in [-0.25, -0.2) is 9.97 Å². The summed E-state index contributed by atoms with van der Waals surface area (Å²) < 4.78 is 3.70. The maximum atomic E-state index is 5.42. The van der Waals surface area contributed by atoms with E-state index in [0.717, 1.165) is 53.2 Å². The van der Waals surface area contributed by atoms with E-state index in [0.29, 0.717) is 17.9 Å². The van der Waals surface area contributed by atoms with E-state index in [1.807, 2.05) is 11.3 Å². The second-order valence-corrected chi connectivity index (χ2v) is 14.4. The van der Waals surface area contributed by atoms with Crippen molar-refractivity contribution in [2.24, 2.45) is 5.92 Å². The molecule has 3 atom stereocenters. The second-order valence-electron chi connectivity index (χ2n) is 13.4. The van der Waals surface area contributed by atoms with Gasteiger partial charge in [0, 0.05) is 49.8 Å². The van der Waals surface area contributed by atoms with Crippen molar-refractivity contribution in [3.63, 3.8) is 0 Å². The van der Waals surface area contributed by atoms with Crippen LogP contribution in [0, 0.1) is 12.8 Å². The van der Waals surface area contributed by atoms with Crippen LogP contribution in [0.4, 0.5) is 11.4 Å². The van der Waals surface area contributed by atoms with Gasteiger partial charge in [0.1, 0.15) is 0 Å². The van der Waals surface area contributed by atoms with Crippen molar-refractivity contribution in [3.8, 4) is 17.2 Å². The number of rotatable bonds is 3. The number of allylic oxidation sites excluding steroid dienone is 2. The number of para-hydroxylation sites is 2. The number of hydrogen-bond donors (Lipinski definition) is 0. The standard InChI is InChI=1S/C42H34N4S/c1-25-14-13-21-31-37(25)45(28-17-7-4-8-18-28)38-32-24-26(2)35-30-20-10-12-23-34(30)46(39(35)41(32)47-40(31)38)42-43-33-22-11-9-19-29(33)36(44-42)27-15-5-3-6-16-27/h3-10,12-13,15-21,23-25,31,37H,11,14,22H2,1-2H3. The lowest BCUT2D eigenvalue weighted by atomic mass is 9.83. The van der Waals surface area contributed by atoms with Crippen LogP contribution < -0.4 is 4.90 Å². The quantitative estimate of drug-likeness (QED) is 0.183. The van der Waals surface area contributed by atoms with E-state index in [1.54, 1.807) is 0 Å². The van der Waals surface area contributed by atoms with Crippen LogP contribution in [0.2, 0.25) is 0 Å². The minimum atomic E-state index is 0.371. The molecule has 4 heterocycles. The molecule has 0 N–H and O–H groups in total. The second kappa shape index (κ2) is 10.2. The van der Waals surface area contributed by atoms with Gasteiger partial charge < -0.3 is 4.90 Å². The summed E-state index contributed by atoms with van der Waals surface area (Å²) in [5, 5.41) is 3.88. The molecule has 0 fully saturated rings. The van der Waals surface area contributed by atoms with Crippen LogP contribution >= 0.6 is 11.3 Å². The van der Waals surface area contributed by atoms with Gasteiger partial charge in [-0.2, -0.15) is 0 Å². The number of fused-ring (bicyclic) bond motifs is 10. The molecule has 4 aromatic carbocycles. The highest BCUT2D eigenvalue weighted by molar-refractivity contribution is 7.21. The van der Waals surface area contributed by atoms with Crippen molar-refractivity contribution in [2.45, 2.75) is 45.1 Å². The zero-order valence-electron chi connectivity index (χ0n) is 26.5. The Hall–Kier alpha value is -5.00. The number of thiophene rings is 1. The predicted molar refractivity (Wildman–Crippen MR) is 197 cm³/mol. The molecule has 0 saturated carbocycles. The molecule has 10 rings (SSSR count). The molecule has 4 nitrogen and oxygen atoms in total. The first kappa shape index (κ1) is 27.1. The van der Waals surface area contributed by atoms with Crippen LogP contribution in [-0.2, 0) is 6.42 Å². The van der Waals surface area contributed by atoms with Gasteiger partial charge in [0.05, 0.1) is 32.8 Å². The van der Waals surface area contributed by atoms with Gasteiger partial charge in [0.2, 0.25) is 5.95 Å². The van der Waals surface area contributed by atoms with Gasteiger partial charge in [-0.1, -0.05) is 98.0 Å². The van der Waals surface area contributed by atoms with Gasteiger partial charge in [-0.3, -0.25) is 4.57 Å². The normalized spacial score (nSPS) is 19.9. The number of hydrogen-bond acceptors (Lipinski definition) is 4. The Bertz CT molecular complexity index is 2430. The number of anilines is 2. The SMILES string of the molecule is Cc1cc2c3c(sc2c2c1c1ccccc1n2-c1nc2c(c(-c4ccccc4)n1)C=CCC2)C1C=CCC(C)C1N3c1ccccc1. The van der Waals surface area contributed by atoms with E-state index in [-0.39, 0.29) is 0 Å². The Morgan fingerprint density at radius 2 is 1.64 bits per heavy atom. The molecule has 0 bridgehead atoms. The minimum absolute atomic E-state index is 0.371. The molecule has 5 heteroatoms. The Morgan fingerprint density at radius 1 is 0.851 bits per heavy atom. The van der Waals surface area contributed by atoms with Gasteiger partial charge in [0.25, 0.3) is 0 Å². The molecule has 0 spiro atoms. The van der Waals surface area contributed by atoms with Crippen molar-refractivity contribution in [1.82, 2.24) is 14.5 Å². The van der Waals surface area contributed by atoms with E-state index in [2.05, 4.69) is 139 Å². The summed E-state index contributed by atoms with van der Waals surface area (Å²) in [4.78, 5) is 14.9. The fourth-order valence-corrected chi connectivity index (χ4v) is 9.97. The molecule has 2 aliphatic carbocycles. The fraction of sp³-hybridized carbons (Fsp3) is 0.190. The van der Waals surface area contributed by atoms with Crippen molar-refractivity contribution >= 4 is 60.7 Å². The molecule has 47 heavy (non-hydrogen) atoms. The van der Waals surface area contributed by atoms with E-state index < -0.39 is 0 Å². The molecular formula is C42H34N4S. The van der Waals surface area contributed by atoms with E-state index >= 15 is 0 Å². The van der Waals surface area contributed by atoms with Crippen LogP contribution in [0.25, 0.3) is 55.2 Å². The largest absolute Gasteiger partial charge is 0.336 e. The lowest BCUT2D eigenvalue weighted by Gasteiger charge is -2.36. The minimum Gasteiger partial charge on any atom is -0.336 e. The molecule has 7 aromatic rings. The van der Waals surface area contributed by atoms with Crippen molar-refractivity contribution in [3.05, 3.63) is 131 Å². The zero-order valence-corrected chi connectivity index (χ0v) is 27.3. The lowest BCUT2D eigenvalue weighted by Crippen LogP contribution is -2.37. The van der Waals surface area contributed by atoms with Gasteiger partial charge in [0.15, 0.2) is 0 Å². The van der Waals surface area contributed by atoms with Crippen LogP contribution in [0.3, 0.4) is 0 Å². The summed E-state index contributed by atoms with van der Waals surface area (Å²) >= 11 is 1.98. The first-order chi connectivity index (χ1) is 23.2. The highest BCUT2D eigenvalue weighted by Crippen LogP contribution is 2.58. The topological polar surface area (TPSA) is 34.0 Å². The Labute approximate surface area is 278 Å². The number of aromatic nitrogens is 3. The van der Waals surface area contributed by atoms with Gasteiger partial charge >= 0.3 is 0 Å². The molecule has 1 aliphatic heterocycles. The Balaban J connectivity index is 1.32. The Kier molecular flexibility index (Phi) is 5.92. The maximum Gasteiger partial charge on any atom is 0.235 e. The van der Waals surface area contributed by atoms with Crippen LogP contribution in [0.15, 0.2) is 109 Å². The van der Waals surface area contributed by atoms with E-state index in [4.69, 9.17) is 9.97 Å². The highest BCUT2D eigenvalue weighted by atomic mass is 32.1. The smallest absolute Gasteiger partial charge is 0.235 e. The van der Waals surface area contributed by atoms with Crippen LogP contribution in [0.1, 0.15) is 47.4 Å². The fourth-order valence-electron chi connectivity index (χ4n) is 8.54. The summed E-state index contributed by atoms with van der Waals surface area (Å²) in [7, 11) is 0. The maximum absolute atomic E-state index is 5.42. The summed E-state index contributed by atoms with van der Waals surface area (Å²) in [5.74, 6) is 1.69. The molecule has 3 aliphatic rings. The zero-order chi connectivity index (χ0) is 31.2. The predicted octanol–water partition coefficient (Wildman–Crippen LogP) is 10.9. The summed E-state index contributed by atoms with van der Waals surface area (Å²) in [6.45, 7) is 4.71. The first-order valence-electron chi connectivity index (χ1n) is 16.8. The van der Waals surface area contributed by atoms with Crippen molar-refractivity contribution in [2.75, 3.05) is 4.90 Å². The molecule has 3 aromatic heterocycles. The molecule has 0 saturated heterocycles. The number of nitrogens with zero attached hydrogens (tertiary/aromatic N) is 4. The monoisotopic (exact) mass is 626 g/mol. The number of benzene rings is 4. The lowest BCUT2D eigenvalue weighted by molar-refractivity contribution is 0.426. The van der Waals surface area contributed by atoms with Crippen LogP contribution in [0.5, 0.6) is 0 Å². The summed E-state index contributed by atoms with van der Waals surface area (Å²) in [5.41, 5.74) is 10.7. The molecule has 0 radical (unpaired) electrons. The van der Waals surface area contributed by atoms with Crippen molar-refractivity contribution in [1.29, 1.82) is 0 Å². The molecule has 0 amide bonds.